The van der Waals surface area contributed by atoms with Crippen LogP contribution in [0.5, 0.6) is 0 Å². The number of aryl methyl sites for hydroxylation is 1. The maximum atomic E-state index is 12.8. The molecule has 0 saturated heterocycles. The van der Waals surface area contributed by atoms with Gasteiger partial charge in [-0.05, 0) is 24.0 Å². The maximum absolute atomic E-state index is 12.8. The molecule has 1 heterocycles. The highest BCUT2D eigenvalue weighted by atomic mass is 16.6. The van der Waals surface area contributed by atoms with Gasteiger partial charge in [-0.3, -0.25) is 9.59 Å². The summed E-state index contributed by atoms with van der Waals surface area (Å²) in [4.78, 5) is 30.9. The van der Waals surface area contributed by atoms with E-state index in [4.69, 9.17) is 4.84 Å². The van der Waals surface area contributed by atoms with Crippen molar-refractivity contribution in [2.75, 3.05) is 6.54 Å². The first-order chi connectivity index (χ1) is 14.4. The zero-order valence-corrected chi connectivity index (χ0v) is 17.7. The molecule has 0 spiro atoms. The van der Waals surface area contributed by atoms with Gasteiger partial charge in [0.25, 0.3) is 5.91 Å². The molecule has 0 radical (unpaired) electrons. The maximum Gasteiger partial charge on any atom is 0.265 e. The molecule has 2 aromatic rings. The van der Waals surface area contributed by atoms with Gasteiger partial charge >= 0.3 is 0 Å². The standard InChI is InChI=1S/C24H29N3O3/c1-16(2)15-25-23(28)21(13-18-7-5-4-6-8-18)26-24(29)22-14-20(27-30-22)19-11-9-17(3)10-12-19/h4-12,16,21-22H,13-15H2,1-3H3,(H,25,28)(H,26,29)/t21-,22-/m0/s1. The van der Waals surface area contributed by atoms with E-state index in [1.165, 1.54) is 0 Å². The summed E-state index contributed by atoms with van der Waals surface area (Å²) in [7, 11) is 0. The molecule has 6 heteroatoms. The molecule has 3 rings (SSSR count). The summed E-state index contributed by atoms with van der Waals surface area (Å²) in [6, 6.07) is 16.9. The van der Waals surface area contributed by atoms with E-state index in [0.717, 1.165) is 22.4 Å². The third kappa shape index (κ3) is 5.92. The lowest BCUT2D eigenvalue weighted by Gasteiger charge is -2.20. The van der Waals surface area contributed by atoms with Crippen LogP contribution in [0.25, 0.3) is 0 Å². The number of carbonyl (C=O) groups excluding carboxylic acids is 2. The van der Waals surface area contributed by atoms with Gasteiger partial charge in [0.1, 0.15) is 6.04 Å². The van der Waals surface area contributed by atoms with E-state index in [-0.39, 0.29) is 11.8 Å². The fraction of sp³-hybridized carbons (Fsp3) is 0.375. The lowest BCUT2D eigenvalue weighted by atomic mass is 10.0. The molecule has 2 N–H and O–H groups in total. The van der Waals surface area contributed by atoms with Crippen LogP contribution in [-0.4, -0.2) is 36.2 Å². The van der Waals surface area contributed by atoms with Crippen LogP contribution in [0.4, 0.5) is 0 Å². The molecule has 30 heavy (non-hydrogen) atoms. The van der Waals surface area contributed by atoms with Gasteiger partial charge in [0, 0.05) is 19.4 Å². The Hall–Kier alpha value is -3.15. The van der Waals surface area contributed by atoms with E-state index in [1.54, 1.807) is 0 Å². The molecule has 0 fully saturated rings. The summed E-state index contributed by atoms with van der Waals surface area (Å²) in [5.74, 6) is -0.203. The minimum atomic E-state index is -0.738. The van der Waals surface area contributed by atoms with Crippen LogP contribution in [0.1, 0.15) is 37.0 Å². The van der Waals surface area contributed by atoms with Crippen LogP contribution in [0.3, 0.4) is 0 Å². The van der Waals surface area contributed by atoms with E-state index in [2.05, 4.69) is 15.8 Å². The minimum Gasteiger partial charge on any atom is -0.382 e. The molecule has 0 saturated carbocycles. The molecular formula is C24H29N3O3. The summed E-state index contributed by atoms with van der Waals surface area (Å²) in [6.45, 7) is 6.63. The van der Waals surface area contributed by atoms with Crippen LogP contribution in [0.15, 0.2) is 59.8 Å². The van der Waals surface area contributed by atoms with Gasteiger partial charge in [-0.2, -0.15) is 0 Å². The van der Waals surface area contributed by atoms with E-state index in [9.17, 15) is 9.59 Å². The van der Waals surface area contributed by atoms with E-state index in [1.807, 2.05) is 75.4 Å². The predicted molar refractivity (Wildman–Crippen MR) is 117 cm³/mol. The normalized spacial score (nSPS) is 16.5. The van der Waals surface area contributed by atoms with Crippen molar-refractivity contribution in [3.8, 4) is 0 Å². The number of rotatable bonds is 8. The number of nitrogens with zero attached hydrogens (tertiary/aromatic N) is 1. The molecule has 0 bridgehead atoms. The van der Waals surface area contributed by atoms with Gasteiger partial charge in [0.2, 0.25) is 12.0 Å². The number of carbonyl (C=O) groups is 2. The average molecular weight is 408 g/mol. The zero-order valence-electron chi connectivity index (χ0n) is 17.7. The van der Waals surface area contributed by atoms with E-state index in [0.29, 0.717) is 25.3 Å². The van der Waals surface area contributed by atoms with Gasteiger partial charge in [-0.15, -0.1) is 0 Å². The third-order valence-corrected chi connectivity index (χ3v) is 4.95. The molecule has 158 valence electrons. The Morgan fingerprint density at radius 1 is 1.10 bits per heavy atom. The Bertz CT molecular complexity index is 892. The number of hydrogen-bond acceptors (Lipinski definition) is 4. The average Bonchev–Trinajstić information content (AvgIpc) is 3.23. The van der Waals surface area contributed by atoms with Crippen LogP contribution < -0.4 is 10.6 Å². The van der Waals surface area contributed by atoms with Crippen molar-refractivity contribution in [3.63, 3.8) is 0 Å². The molecule has 2 amide bonds. The summed E-state index contributed by atoms with van der Waals surface area (Å²) >= 11 is 0. The smallest absolute Gasteiger partial charge is 0.265 e. The summed E-state index contributed by atoms with van der Waals surface area (Å²) in [6.07, 6.45) is 0.0487. The Labute approximate surface area is 177 Å². The van der Waals surface area contributed by atoms with Crippen molar-refractivity contribution in [1.82, 2.24) is 10.6 Å². The Balaban J connectivity index is 1.63. The van der Waals surface area contributed by atoms with Gasteiger partial charge in [-0.1, -0.05) is 79.2 Å². The molecule has 1 aliphatic heterocycles. The van der Waals surface area contributed by atoms with Crippen LogP contribution in [0.2, 0.25) is 0 Å². The highest BCUT2D eigenvalue weighted by molar-refractivity contribution is 6.04. The fourth-order valence-corrected chi connectivity index (χ4v) is 3.19. The predicted octanol–water partition coefficient (Wildman–Crippen LogP) is 2.99. The number of nitrogens with one attached hydrogen (secondary N) is 2. The lowest BCUT2D eigenvalue weighted by molar-refractivity contribution is -0.135. The second-order valence-electron chi connectivity index (χ2n) is 8.09. The first-order valence-corrected chi connectivity index (χ1v) is 10.3. The van der Waals surface area contributed by atoms with Crippen molar-refractivity contribution in [2.45, 2.75) is 45.8 Å². The number of benzene rings is 2. The minimum absolute atomic E-state index is 0.196. The molecule has 1 aliphatic rings. The monoisotopic (exact) mass is 407 g/mol. The second-order valence-corrected chi connectivity index (χ2v) is 8.09. The van der Waals surface area contributed by atoms with Crippen molar-refractivity contribution in [2.24, 2.45) is 11.1 Å². The van der Waals surface area contributed by atoms with Crippen LogP contribution in [0, 0.1) is 12.8 Å². The third-order valence-electron chi connectivity index (χ3n) is 4.95. The molecule has 6 nitrogen and oxygen atoms in total. The first-order valence-electron chi connectivity index (χ1n) is 10.3. The Morgan fingerprint density at radius 2 is 1.80 bits per heavy atom. The van der Waals surface area contributed by atoms with Crippen molar-refractivity contribution < 1.29 is 14.4 Å². The van der Waals surface area contributed by atoms with E-state index >= 15 is 0 Å². The number of amides is 2. The highest BCUT2D eigenvalue weighted by Gasteiger charge is 2.32. The number of oxime groups is 1. The Morgan fingerprint density at radius 3 is 2.47 bits per heavy atom. The second kappa shape index (κ2) is 10.1. The van der Waals surface area contributed by atoms with Crippen molar-refractivity contribution in [3.05, 3.63) is 71.3 Å². The molecule has 0 aliphatic carbocycles. The van der Waals surface area contributed by atoms with E-state index < -0.39 is 12.1 Å². The molecule has 0 unspecified atom stereocenters. The molecule has 2 aromatic carbocycles. The topological polar surface area (TPSA) is 79.8 Å². The van der Waals surface area contributed by atoms with Gasteiger partial charge in [-0.25, -0.2) is 0 Å². The molecule has 2 atom stereocenters. The molecular weight excluding hydrogens is 378 g/mol. The lowest BCUT2D eigenvalue weighted by Crippen LogP contribution is -2.51. The first kappa shape index (κ1) is 21.6. The van der Waals surface area contributed by atoms with Crippen molar-refractivity contribution in [1.29, 1.82) is 0 Å². The SMILES string of the molecule is Cc1ccc(C2=NO[C@H](C(=O)N[C@@H](Cc3ccccc3)C(=O)NCC(C)C)C2)cc1. The zero-order chi connectivity index (χ0) is 21.5. The number of hydrogen-bond donors (Lipinski definition) is 2. The van der Waals surface area contributed by atoms with Gasteiger partial charge in [0.15, 0.2) is 0 Å². The molecule has 0 aromatic heterocycles. The summed E-state index contributed by atoms with van der Waals surface area (Å²) in [5.41, 5.74) is 3.81. The van der Waals surface area contributed by atoms with Crippen LogP contribution in [-0.2, 0) is 20.8 Å². The summed E-state index contributed by atoms with van der Waals surface area (Å²) in [5, 5.41) is 9.87. The largest absolute Gasteiger partial charge is 0.382 e. The Kier molecular flexibility index (Phi) is 7.22. The van der Waals surface area contributed by atoms with Gasteiger partial charge < -0.3 is 15.5 Å². The highest BCUT2D eigenvalue weighted by Crippen LogP contribution is 2.18. The summed E-state index contributed by atoms with van der Waals surface area (Å²) < 4.78 is 0. The fourth-order valence-electron chi connectivity index (χ4n) is 3.19. The van der Waals surface area contributed by atoms with Crippen molar-refractivity contribution >= 4 is 17.5 Å². The quantitative estimate of drug-likeness (QED) is 0.706. The van der Waals surface area contributed by atoms with Gasteiger partial charge in [0.05, 0.1) is 5.71 Å². The van der Waals surface area contributed by atoms with Crippen LogP contribution >= 0.6 is 0 Å².